The fraction of sp³-hybridized carbons (Fsp3) is 0.300. The number of ether oxygens (including phenoxy) is 1. The van der Waals surface area contributed by atoms with E-state index in [1.807, 2.05) is 11.5 Å². The maximum absolute atomic E-state index is 13.1. The fourth-order valence-electron chi connectivity index (χ4n) is 2.62. The van der Waals surface area contributed by atoms with Gasteiger partial charge in [-0.3, -0.25) is 9.36 Å². The summed E-state index contributed by atoms with van der Waals surface area (Å²) in [6.45, 7) is 9.55. The lowest BCUT2D eigenvalue weighted by atomic mass is 10.3. The summed E-state index contributed by atoms with van der Waals surface area (Å²) >= 11 is 1.26. The van der Waals surface area contributed by atoms with Gasteiger partial charge >= 0.3 is 0 Å². The molecule has 2 atom stereocenters. The van der Waals surface area contributed by atoms with Crippen LogP contribution < -0.4 is 10.1 Å². The van der Waals surface area contributed by atoms with E-state index in [9.17, 15) is 9.18 Å². The zero-order valence-electron chi connectivity index (χ0n) is 16.8. The van der Waals surface area contributed by atoms with Gasteiger partial charge in [-0.25, -0.2) is 4.39 Å². The van der Waals surface area contributed by atoms with Gasteiger partial charge < -0.3 is 14.6 Å². The van der Waals surface area contributed by atoms with Crippen LogP contribution >= 0.6 is 11.8 Å². The second-order valence-corrected chi connectivity index (χ2v) is 7.83. The maximum Gasteiger partial charge on any atom is 0.238 e. The SMILES string of the molecule is C=CCn1c(SC(C)C(=O)Nc2cc(C)on2)nnc1C(C)Oc1ccc(F)cc1. The molecule has 30 heavy (non-hydrogen) atoms. The van der Waals surface area contributed by atoms with Crippen LogP contribution in [0.4, 0.5) is 10.2 Å². The number of halogens is 1. The highest BCUT2D eigenvalue weighted by atomic mass is 32.2. The molecule has 10 heteroatoms. The van der Waals surface area contributed by atoms with E-state index in [2.05, 4.69) is 27.2 Å². The molecule has 2 heterocycles. The van der Waals surface area contributed by atoms with E-state index in [0.29, 0.717) is 34.9 Å². The summed E-state index contributed by atoms with van der Waals surface area (Å²) in [5.74, 6) is 1.48. The number of hydrogen-bond acceptors (Lipinski definition) is 7. The Labute approximate surface area is 177 Å². The zero-order chi connectivity index (χ0) is 21.7. The minimum absolute atomic E-state index is 0.237. The summed E-state index contributed by atoms with van der Waals surface area (Å²) in [6, 6.07) is 7.40. The Balaban J connectivity index is 1.71. The van der Waals surface area contributed by atoms with Crippen LogP contribution in [0.1, 0.15) is 31.5 Å². The normalized spacial score (nSPS) is 12.9. The minimum atomic E-state index is -0.462. The van der Waals surface area contributed by atoms with E-state index in [0.717, 1.165) is 0 Å². The van der Waals surface area contributed by atoms with Crippen molar-refractivity contribution in [2.24, 2.45) is 0 Å². The third-order valence-electron chi connectivity index (χ3n) is 4.08. The van der Waals surface area contributed by atoms with Crippen LogP contribution in [0, 0.1) is 12.7 Å². The van der Waals surface area contributed by atoms with Crippen LogP contribution in [0.3, 0.4) is 0 Å². The van der Waals surface area contributed by atoms with Crippen LogP contribution in [-0.2, 0) is 11.3 Å². The van der Waals surface area contributed by atoms with Gasteiger partial charge in [-0.15, -0.1) is 16.8 Å². The quantitative estimate of drug-likeness (QED) is 0.401. The number of carbonyl (C=O) groups is 1. The number of aryl methyl sites for hydroxylation is 1. The van der Waals surface area contributed by atoms with Crippen molar-refractivity contribution in [1.29, 1.82) is 0 Å². The van der Waals surface area contributed by atoms with E-state index >= 15 is 0 Å². The van der Waals surface area contributed by atoms with Crippen molar-refractivity contribution in [3.63, 3.8) is 0 Å². The summed E-state index contributed by atoms with van der Waals surface area (Å²) in [6.07, 6.45) is 1.27. The molecule has 158 valence electrons. The van der Waals surface area contributed by atoms with Crippen LogP contribution in [-0.4, -0.2) is 31.1 Å². The molecular formula is C20H22FN5O3S. The predicted octanol–water partition coefficient (Wildman–Crippen LogP) is 4.16. The Morgan fingerprint density at radius 1 is 1.37 bits per heavy atom. The summed E-state index contributed by atoms with van der Waals surface area (Å²) in [5, 5.41) is 15.0. The highest BCUT2D eigenvalue weighted by Gasteiger charge is 2.23. The molecule has 0 aliphatic carbocycles. The minimum Gasteiger partial charge on any atom is -0.483 e. The Kier molecular flexibility index (Phi) is 6.88. The standard InChI is InChI=1S/C20H22FN5O3S/c1-5-10-26-18(13(3)28-16-8-6-15(21)7-9-16)23-24-20(26)30-14(4)19(27)22-17-11-12(2)29-25-17/h5-9,11,13-14H,1,10H2,2-4H3,(H,22,25,27). The number of nitrogens with zero attached hydrogens (tertiary/aromatic N) is 4. The van der Waals surface area contributed by atoms with Gasteiger partial charge in [0.1, 0.15) is 17.3 Å². The molecule has 0 aliphatic rings. The molecule has 3 rings (SSSR count). The fourth-order valence-corrected chi connectivity index (χ4v) is 3.49. The van der Waals surface area contributed by atoms with Crippen molar-refractivity contribution in [2.45, 2.75) is 43.8 Å². The van der Waals surface area contributed by atoms with Crippen LogP contribution in [0.15, 0.2) is 52.7 Å². The average Bonchev–Trinajstić information content (AvgIpc) is 3.30. The first kappa shape index (κ1) is 21.6. The molecule has 3 aromatic rings. The first-order valence-electron chi connectivity index (χ1n) is 9.24. The first-order chi connectivity index (χ1) is 14.4. The largest absolute Gasteiger partial charge is 0.483 e. The number of benzene rings is 1. The summed E-state index contributed by atoms with van der Waals surface area (Å²) in [5.41, 5.74) is 0. The molecule has 0 bridgehead atoms. The molecule has 1 aromatic carbocycles. The van der Waals surface area contributed by atoms with E-state index in [4.69, 9.17) is 9.26 Å². The van der Waals surface area contributed by atoms with E-state index in [-0.39, 0.29) is 11.7 Å². The molecule has 8 nitrogen and oxygen atoms in total. The Morgan fingerprint density at radius 3 is 2.73 bits per heavy atom. The van der Waals surface area contributed by atoms with Crippen molar-refractivity contribution in [1.82, 2.24) is 19.9 Å². The van der Waals surface area contributed by atoms with Gasteiger partial charge in [0.2, 0.25) is 5.91 Å². The number of thioether (sulfide) groups is 1. The molecule has 2 unspecified atom stereocenters. The third kappa shape index (κ3) is 5.26. The van der Waals surface area contributed by atoms with E-state index in [1.54, 1.807) is 38.1 Å². The van der Waals surface area contributed by atoms with Crippen LogP contribution in [0.2, 0.25) is 0 Å². The van der Waals surface area contributed by atoms with Gasteiger partial charge in [0.05, 0.1) is 5.25 Å². The molecule has 0 saturated carbocycles. The monoisotopic (exact) mass is 431 g/mol. The van der Waals surface area contributed by atoms with E-state index in [1.165, 1.54) is 23.9 Å². The number of aromatic nitrogens is 4. The highest BCUT2D eigenvalue weighted by Crippen LogP contribution is 2.27. The van der Waals surface area contributed by atoms with Crippen molar-refractivity contribution in [3.05, 3.63) is 60.4 Å². The van der Waals surface area contributed by atoms with Crippen LogP contribution in [0.5, 0.6) is 5.75 Å². The zero-order valence-corrected chi connectivity index (χ0v) is 17.6. The number of anilines is 1. The molecule has 1 amide bonds. The average molecular weight is 431 g/mol. The summed E-state index contributed by atoms with van der Waals surface area (Å²) in [7, 11) is 0. The molecule has 0 spiro atoms. The maximum atomic E-state index is 13.1. The molecule has 2 aromatic heterocycles. The Bertz CT molecular complexity index is 1020. The van der Waals surface area contributed by atoms with Gasteiger partial charge in [0.25, 0.3) is 0 Å². The number of rotatable bonds is 9. The van der Waals surface area contributed by atoms with Crippen molar-refractivity contribution in [2.75, 3.05) is 5.32 Å². The summed E-state index contributed by atoms with van der Waals surface area (Å²) < 4.78 is 25.7. The smallest absolute Gasteiger partial charge is 0.238 e. The molecule has 0 radical (unpaired) electrons. The molecular weight excluding hydrogens is 409 g/mol. The highest BCUT2D eigenvalue weighted by molar-refractivity contribution is 8.00. The molecule has 0 aliphatic heterocycles. The second kappa shape index (κ2) is 9.57. The van der Waals surface area contributed by atoms with Crippen molar-refractivity contribution < 1.29 is 18.4 Å². The Morgan fingerprint density at radius 2 is 2.10 bits per heavy atom. The van der Waals surface area contributed by atoms with Gasteiger partial charge in [-0.2, -0.15) is 0 Å². The van der Waals surface area contributed by atoms with Gasteiger partial charge in [0, 0.05) is 12.6 Å². The van der Waals surface area contributed by atoms with Gasteiger partial charge in [-0.05, 0) is 45.0 Å². The van der Waals surface area contributed by atoms with Crippen molar-refractivity contribution in [3.8, 4) is 5.75 Å². The number of carbonyl (C=O) groups excluding carboxylic acids is 1. The number of hydrogen-bond donors (Lipinski definition) is 1. The third-order valence-corrected chi connectivity index (χ3v) is 5.16. The lowest BCUT2D eigenvalue weighted by Crippen LogP contribution is -2.23. The number of allylic oxidation sites excluding steroid dienone is 1. The molecule has 0 saturated heterocycles. The van der Waals surface area contributed by atoms with Crippen molar-refractivity contribution >= 4 is 23.5 Å². The van der Waals surface area contributed by atoms with Gasteiger partial charge in [0.15, 0.2) is 22.9 Å². The van der Waals surface area contributed by atoms with E-state index < -0.39 is 11.4 Å². The first-order valence-corrected chi connectivity index (χ1v) is 10.1. The topological polar surface area (TPSA) is 95.1 Å². The van der Waals surface area contributed by atoms with Crippen LogP contribution in [0.25, 0.3) is 0 Å². The molecule has 0 fully saturated rings. The lowest BCUT2D eigenvalue weighted by Gasteiger charge is -2.16. The second-order valence-electron chi connectivity index (χ2n) is 6.53. The van der Waals surface area contributed by atoms with Gasteiger partial charge in [-0.1, -0.05) is 23.0 Å². The molecule has 1 N–H and O–H groups in total. The Hall–Kier alpha value is -3.14. The predicted molar refractivity (Wildman–Crippen MR) is 111 cm³/mol. The summed E-state index contributed by atoms with van der Waals surface area (Å²) in [4.78, 5) is 12.5. The lowest BCUT2D eigenvalue weighted by molar-refractivity contribution is -0.115. The number of amides is 1. The number of nitrogens with one attached hydrogen (secondary N) is 1.